The zero-order valence-corrected chi connectivity index (χ0v) is 14.2. The molecule has 1 aliphatic carbocycles. The third kappa shape index (κ3) is 6.32. The van der Waals surface area contributed by atoms with Crippen LogP contribution in [0.5, 0.6) is 0 Å². The quantitative estimate of drug-likeness (QED) is 0.571. The minimum Gasteiger partial charge on any atom is -0.480 e. The van der Waals surface area contributed by atoms with E-state index in [0.29, 0.717) is 37.1 Å². The number of rotatable bonds is 8. The lowest BCUT2D eigenvalue weighted by Crippen LogP contribution is -2.47. The van der Waals surface area contributed by atoms with Gasteiger partial charge in [-0.2, -0.15) is 26.3 Å². The predicted octanol–water partition coefficient (Wildman–Crippen LogP) is 5.18. The average molecular weight is 419 g/mol. The van der Waals surface area contributed by atoms with Gasteiger partial charge in [0.2, 0.25) is 0 Å². The van der Waals surface area contributed by atoms with Crippen LogP contribution >= 0.6 is 0 Å². The van der Waals surface area contributed by atoms with E-state index in [9.17, 15) is 39.9 Å². The number of carboxylic acids is 1. The van der Waals surface area contributed by atoms with Gasteiger partial charge in [-0.05, 0) is 36.5 Å². The van der Waals surface area contributed by atoms with Gasteiger partial charge < -0.3 is 5.11 Å². The van der Waals surface area contributed by atoms with Crippen molar-refractivity contribution in [3.05, 3.63) is 35.4 Å². The van der Waals surface area contributed by atoms with Gasteiger partial charge in [0.1, 0.15) is 12.1 Å². The normalized spacial score (nSPS) is 18.0. The molecule has 2 atom stereocenters. The van der Waals surface area contributed by atoms with Crippen molar-refractivity contribution < 1.29 is 45.0 Å². The zero-order valence-electron chi connectivity index (χ0n) is 14.2. The number of carboxylic acid groups (broad SMARTS) is 1. The van der Waals surface area contributed by atoms with Crippen molar-refractivity contribution in [3.8, 4) is 0 Å². The van der Waals surface area contributed by atoms with Crippen LogP contribution in [-0.4, -0.2) is 29.2 Å². The fourth-order valence-electron chi connectivity index (χ4n) is 2.79. The van der Waals surface area contributed by atoms with Gasteiger partial charge in [0.05, 0.1) is 5.56 Å². The minimum absolute atomic E-state index is 0.280. The third-order valence-electron chi connectivity index (χ3n) is 4.35. The van der Waals surface area contributed by atoms with E-state index >= 15 is 0 Å². The Morgan fingerprint density at radius 1 is 1.04 bits per heavy atom. The summed E-state index contributed by atoms with van der Waals surface area (Å²) in [4.78, 5) is 11.2. The third-order valence-corrected chi connectivity index (χ3v) is 4.35. The zero-order chi connectivity index (χ0) is 21.3. The maximum absolute atomic E-state index is 13.9. The highest BCUT2D eigenvalue weighted by molar-refractivity contribution is 5.73. The molecule has 1 aromatic carbocycles. The van der Waals surface area contributed by atoms with Crippen LogP contribution in [0.4, 0.5) is 35.1 Å². The second kappa shape index (κ2) is 7.84. The predicted molar refractivity (Wildman–Crippen MR) is 81.7 cm³/mol. The summed E-state index contributed by atoms with van der Waals surface area (Å²) in [5.74, 6) is -5.66. The van der Waals surface area contributed by atoms with E-state index in [1.54, 1.807) is 5.32 Å². The molecule has 0 heterocycles. The van der Waals surface area contributed by atoms with E-state index < -0.39 is 60.3 Å². The molecule has 1 saturated carbocycles. The number of benzene rings is 1. The fourth-order valence-corrected chi connectivity index (χ4v) is 2.79. The van der Waals surface area contributed by atoms with Crippen molar-refractivity contribution in [1.82, 2.24) is 5.32 Å². The Morgan fingerprint density at radius 2 is 1.57 bits per heavy atom. The standard InChI is InChI=1S/C17H17F8NO2/c18-15(19,7-9-1-2-9)8-12(14(27)28)26-13(17(23,24)25)10-3-5-11(6-4-10)16(20,21)22/h3-6,9,12-13,26H,1-2,7-8H2,(H,27,28). The molecule has 0 spiro atoms. The summed E-state index contributed by atoms with van der Waals surface area (Å²) < 4.78 is 106. The highest BCUT2D eigenvalue weighted by Crippen LogP contribution is 2.41. The first-order chi connectivity index (χ1) is 12.7. The number of nitrogens with one attached hydrogen (secondary N) is 1. The second-order valence-corrected chi connectivity index (χ2v) is 6.86. The summed E-state index contributed by atoms with van der Waals surface area (Å²) in [5.41, 5.74) is -1.90. The smallest absolute Gasteiger partial charge is 0.416 e. The van der Waals surface area contributed by atoms with Gasteiger partial charge in [-0.15, -0.1) is 0 Å². The van der Waals surface area contributed by atoms with Gasteiger partial charge in [0.15, 0.2) is 0 Å². The van der Waals surface area contributed by atoms with Crippen LogP contribution in [0.15, 0.2) is 24.3 Å². The Kier molecular flexibility index (Phi) is 6.27. The molecule has 2 rings (SSSR count). The highest BCUT2D eigenvalue weighted by atomic mass is 19.4. The first-order valence-corrected chi connectivity index (χ1v) is 8.29. The summed E-state index contributed by atoms with van der Waals surface area (Å²) in [7, 11) is 0. The molecule has 0 amide bonds. The summed E-state index contributed by atoms with van der Waals surface area (Å²) in [6, 6.07) is -3.06. The number of aliphatic carboxylic acids is 1. The van der Waals surface area contributed by atoms with Gasteiger partial charge in [0.25, 0.3) is 5.92 Å². The van der Waals surface area contributed by atoms with E-state index in [1.807, 2.05) is 0 Å². The maximum atomic E-state index is 13.9. The molecular weight excluding hydrogens is 402 g/mol. The van der Waals surface area contributed by atoms with Gasteiger partial charge >= 0.3 is 18.3 Å². The summed E-state index contributed by atoms with van der Waals surface area (Å²) in [5, 5.41) is 10.7. The highest BCUT2D eigenvalue weighted by Gasteiger charge is 2.46. The monoisotopic (exact) mass is 419 g/mol. The fraction of sp³-hybridized carbons (Fsp3) is 0.588. The lowest BCUT2D eigenvalue weighted by molar-refractivity contribution is -0.166. The van der Waals surface area contributed by atoms with Crippen LogP contribution in [0.2, 0.25) is 0 Å². The number of hydrogen-bond donors (Lipinski definition) is 2. The molecule has 0 aliphatic heterocycles. The SMILES string of the molecule is O=C(O)C(CC(F)(F)CC1CC1)NC(c1ccc(C(F)(F)F)cc1)C(F)(F)F. The van der Waals surface area contributed by atoms with Crippen molar-refractivity contribution in [3.63, 3.8) is 0 Å². The molecule has 1 aliphatic rings. The number of halogens is 8. The maximum Gasteiger partial charge on any atom is 0.416 e. The first-order valence-electron chi connectivity index (χ1n) is 8.29. The first kappa shape index (κ1) is 22.4. The minimum atomic E-state index is -5.11. The van der Waals surface area contributed by atoms with Gasteiger partial charge in [0, 0.05) is 12.8 Å². The lowest BCUT2D eigenvalue weighted by Gasteiger charge is -2.28. The lowest BCUT2D eigenvalue weighted by atomic mass is 9.99. The largest absolute Gasteiger partial charge is 0.480 e. The molecule has 2 unspecified atom stereocenters. The topological polar surface area (TPSA) is 49.3 Å². The van der Waals surface area contributed by atoms with Crippen molar-refractivity contribution >= 4 is 5.97 Å². The van der Waals surface area contributed by atoms with Crippen LogP contribution in [0.25, 0.3) is 0 Å². The second-order valence-electron chi connectivity index (χ2n) is 6.86. The Labute approximate surface area is 154 Å². The van der Waals surface area contributed by atoms with Crippen molar-refractivity contribution in [2.45, 2.75) is 56.0 Å². The molecule has 1 aromatic rings. The van der Waals surface area contributed by atoms with Crippen LogP contribution in [-0.2, 0) is 11.0 Å². The molecular formula is C17H17F8NO2. The molecule has 0 aromatic heterocycles. The van der Waals surface area contributed by atoms with Crippen LogP contribution in [0.3, 0.4) is 0 Å². The Hall–Kier alpha value is -1.91. The van der Waals surface area contributed by atoms with E-state index in [-0.39, 0.29) is 5.92 Å². The molecule has 1 fully saturated rings. The molecule has 3 nitrogen and oxygen atoms in total. The number of alkyl halides is 8. The van der Waals surface area contributed by atoms with Crippen molar-refractivity contribution in [1.29, 1.82) is 0 Å². The molecule has 0 radical (unpaired) electrons. The van der Waals surface area contributed by atoms with E-state index in [0.717, 1.165) is 0 Å². The van der Waals surface area contributed by atoms with Crippen LogP contribution in [0.1, 0.15) is 42.9 Å². The van der Waals surface area contributed by atoms with E-state index in [2.05, 4.69) is 0 Å². The molecule has 2 N–H and O–H groups in total. The molecule has 11 heteroatoms. The van der Waals surface area contributed by atoms with Crippen LogP contribution < -0.4 is 5.32 Å². The van der Waals surface area contributed by atoms with Crippen molar-refractivity contribution in [2.24, 2.45) is 5.92 Å². The average Bonchev–Trinajstić information content (AvgIpc) is 3.32. The molecule has 0 saturated heterocycles. The van der Waals surface area contributed by atoms with Crippen molar-refractivity contribution in [2.75, 3.05) is 0 Å². The van der Waals surface area contributed by atoms with Crippen LogP contribution in [0, 0.1) is 5.92 Å². The Bertz CT molecular complexity index is 680. The Morgan fingerprint density at radius 3 is 1.96 bits per heavy atom. The number of carbonyl (C=O) groups is 1. The van der Waals surface area contributed by atoms with Gasteiger partial charge in [-0.3, -0.25) is 10.1 Å². The molecule has 0 bridgehead atoms. The number of hydrogen-bond acceptors (Lipinski definition) is 2. The van der Waals surface area contributed by atoms with Gasteiger partial charge in [-0.25, -0.2) is 8.78 Å². The van der Waals surface area contributed by atoms with E-state index in [1.165, 1.54) is 0 Å². The summed E-state index contributed by atoms with van der Waals surface area (Å²) in [6.07, 6.45) is -10.7. The van der Waals surface area contributed by atoms with E-state index in [4.69, 9.17) is 5.11 Å². The molecule has 158 valence electrons. The van der Waals surface area contributed by atoms with Gasteiger partial charge in [-0.1, -0.05) is 12.1 Å². The summed E-state index contributed by atoms with van der Waals surface area (Å²) >= 11 is 0. The molecule has 28 heavy (non-hydrogen) atoms. The summed E-state index contributed by atoms with van der Waals surface area (Å²) in [6.45, 7) is 0. The Balaban J connectivity index is 2.22.